The Morgan fingerprint density at radius 2 is 2.00 bits per heavy atom. The molecule has 1 N–H and O–H groups in total. The monoisotopic (exact) mass is 251 g/mol. The van der Waals surface area contributed by atoms with Crippen molar-refractivity contribution in [3.8, 4) is 0 Å². The van der Waals surface area contributed by atoms with Gasteiger partial charge in [-0.2, -0.15) is 0 Å². The minimum absolute atomic E-state index is 0.0268. The molecule has 100 valence electrons. The van der Waals surface area contributed by atoms with E-state index in [-0.39, 0.29) is 11.9 Å². The van der Waals surface area contributed by atoms with Gasteiger partial charge in [0.2, 0.25) is 0 Å². The van der Waals surface area contributed by atoms with Crippen molar-refractivity contribution in [1.82, 2.24) is 15.1 Å². The highest BCUT2D eigenvalue weighted by atomic mass is 19.1. The number of nitrogens with one attached hydrogen (secondary N) is 1. The van der Waals surface area contributed by atoms with E-state index >= 15 is 0 Å². The van der Waals surface area contributed by atoms with Gasteiger partial charge < -0.3 is 10.2 Å². The summed E-state index contributed by atoms with van der Waals surface area (Å²) in [6, 6.07) is 7.37. The Kier molecular flexibility index (Phi) is 4.32. The lowest BCUT2D eigenvalue weighted by Crippen LogP contribution is -2.54. The first-order valence-corrected chi connectivity index (χ1v) is 6.44. The highest BCUT2D eigenvalue weighted by Crippen LogP contribution is 2.24. The smallest absolute Gasteiger partial charge is 0.128 e. The van der Waals surface area contributed by atoms with E-state index in [9.17, 15) is 4.39 Å². The van der Waals surface area contributed by atoms with E-state index in [0.29, 0.717) is 6.04 Å². The second kappa shape index (κ2) is 5.78. The molecule has 1 aliphatic heterocycles. The molecule has 1 aromatic carbocycles. The van der Waals surface area contributed by atoms with E-state index in [1.807, 2.05) is 19.2 Å². The second-order valence-corrected chi connectivity index (χ2v) is 5.10. The molecule has 0 aliphatic carbocycles. The third-order valence-electron chi connectivity index (χ3n) is 3.84. The van der Waals surface area contributed by atoms with Crippen LogP contribution in [0.25, 0.3) is 0 Å². The van der Waals surface area contributed by atoms with Crippen molar-refractivity contribution in [2.24, 2.45) is 0 Å². The van der Waals surface area contributed by atoms with Gasteiger partial charge in [-0.15, -0.1) is 0 Å². The fourth-order valence-corrected chi connectivity index (χ4v) is 2.69. The molecule has 0 aromatic heterocycles. The van der Waals surface area contributed by atoms with Crippen LogP contribution in [-0.4, -0.2) is 56.6 Å². The van der Waals surface area contributed by atoms with E-state index in [2.05, 4.69) is 29.2 Å². The highest BCUT2D eigenvalue weighted by Gasteiger charge is 2.31. The molecule has 2 atom stereocenters. The molecule has 3 nitrogen and oxygen atoms in total. The topological polar surface area (TPSA) is 18.5 Å². The van der Waals surface area contributed by atoms with Crippen molar-refractivity contribution in [2.75, 3.05) is 40.8 Å². The number of nitrogens with zero attached hydrogens (tertiary/aromatic N) is 2. The van der Waals surface area contributed by atoms with E-state index in [0.717, 1.165) is 25.2 Å². The summed E-state index contributed by atoms with van der Waals surface area (Å²) < 4.78 is 13.9. The number of piperazine rings is 1. The molecule has 2 unspecified atom stereocenters. The summed E-state index contributed by atoms with van der Waals surface area (Å²) >= 11 is 0. The lowest BCUT2D eigenvalue weighted by molar-refractivity contribution is 0.0888. The first-order valence-electron chi connectivity index (χ1n) is 6.44. The molecule has 1 saturated heterocycles. The Morgan fingerprint density at radius 1 is 1.28 bits per heavy atom. The molecule has 1 fully saturated rings. The van der Waals surface area contributed by atoms with Gasteiger partial charge in [-0.3, -0.25) is 4.90 Å². The summed E-state index contributed by atoms with van der Waals surface area (Å²) in [6.45, 7) is 3.05. The number of rotatable bonds is 3. The first kappa shape index (κ1) is 13.5. The maximum absolute atomic E-state index is 13.9. The van der Waals surface area contributed by atoms with Gasteiger partial charge >= 0.3 is 0 Å². The van der Waals surface area contributed by atoms with Crippen molar-refractivity contribution < 1.29 is 4.39 Å². The quantitative estimate of drug-likeness (QED) is 0.874. The molecule has 0 saturated carbocycles. The summed E-state index contributed by atoms with van der Waals surface area (Å²) in [5, 5.41) is 3.27. The SMILES string of the molecule is CNC(c1ccccc1F)C1CN(C)CCN1C. The summed E-state index contributed by atoms with van der Waals surface area (Å²) in [6.07, 6.45) is 0. The van der Waals surface area contributed by atoms with Gasteiger partial charge in [-0.25, -0.2) is 4.39 Å². The highest BCUT2D eigenvalue weighted by molar-refractivity contribution is 5.23. The molecule has 4 heteroatoms. The molecule has 1 aromatic rings. The number of benzene rings is 1. The Hall–Kier alpha value is -0.970. The van der Waals surface area contributed by atoms with Gasteiger partial charge in [-0.1, -0.05) is 18.2 Å². The van der Waals surface area contributed by atoms with Crippen LogP contribution in [0.2, 0.25) is 0 Å². The fourth-order valence-electron chi connectivity index (χ4n) is 2.69. The van der Waals surface area contributed by atoms with Crippen molar-refractivity contribution in [2.45, 2.75) is 12.1 Å². The van der Waals surface area contributed by atoms with Gasteiger partial charge in [0.15, 0.2) is 0 Å². The van der Waals surface area contributed by atoms with Crippen molar-refractivity contribution >= 4 is 0 Å². The standard InChI is InChI=1S/C14H22FN3/c1-16-14(11-6-4-5-7-12(11)15)13-10-17(2)8-9-18(13)3/h4-7,13-14,16H,8-10H2,1-3H3. The maximum atomic E-state index is 13.9. The van der Waals surface area contributed by atoms with Crippen LogP contribution in [0.4, 0.5) is 4.39 Å². The lowest BCUT2D eigenvalue weighted by atomic mass is 9.96. The number of likely N-dealkylation sites (N-methyl/N-ethyl adjacent to an activating group) is 3. The number of halogens is 1. The molecule has 0 bridgehead atoms. The van der Waals surface area contributed by atoms with Crippen LogP contribution in [0.5, 0.6) is 0 Å². The first-order chi connectivity index (χ1) is 8.63. The summed E-state index contributed by atoms with van der Waals surface area (Å²) in [4.78, 5) is 4.61. The second-order valence-electron chi connectivity index (χ2n) is 5.10. The van der Waals surface area contributed by atoms with Crippen LogP contribution in [0.3, 0.4) is 0 Å². The van der Waals surface area contributed by atoms with Crippen molar-refractivity contribution in [3.05, 3.63) is 35.6 Å². The van der Waals surface area contributed by atoms with Crippen LogP contribution < -0.4 is 5.32 Å². The third-order valence-corrected chi connectivity index (χ3v) is 3.84. The molecular formula is C14H22FN3. The van der Waals surface area contributed by atoms with Crippen LogP contribution in [0.1, 0.15) is 11.6 Å². The zero-order valence-corrected chi connectivity index (χ0v) is 11.4. The number of hydrogen-bond donors (Lipinski definition) is 1. The van der Waals surface area contributed by atoms with E-state index in [1.54, 1.807) is 6.07 Å². The molecule has 18 heavy (non-hydrogen) atoms. The zero-order chi connectivity index (χ0) is 13.1. The molecule has 1 aliphatic rings. The summed E-state index contributed by atoms with van der Waals surface area (Å²) in [7, 11) is 6.14. The van der Waals surface area contributed by atoms with E-state index in [1.165, 1.54) is 6.07 Å². The van der Waals surface area contributed by atoms with Gasteiger partial charge in [-0.05, 0) is 27.2 Å². The average Bonchev–Trinajstić information content (AvgIpc) is 2.36. The van der Waals surface area contributed by atoms with E-state index < -0.39 is 0 Å². The van der Waals surface area contributed by atoms with Gasteiger partial charge in [0.25, 0.3) is 0 Å². The predicted molar refractivity (Wildman–Crippen MR) is 72.1 cm³/mol. The Morgan fingerprint density at radius 3 is 2.67 bits per heavy atom. The van der Waals surface area contributed by atoms with E-state index in [4.69, 9.17) is 0 Å². The molecule has 0 amide bonds. The molecular weight excluding hydrogens is 229 g/mol. The molecule has 0 spiro atoms. The Balaban J connectivity index is 2.25. The molecule has 1 heterocycles. The molecule has 2 rings (SSSR count). The largest absolute Gasteiger partial charge is 0.312 e. The minimum Gasteiger partial charge on any atom is -0.312 e. The zero-order valence-electron chi connectivity index (χ0n) is 11.4. The van der Waals surface area contributed by atoms with Gasteiger partial charge in [0.05, 0.1) is 6.04 Å². The van der Waals surface area contributed by atoms with Crippen LogP contribution in [0, 0.1) is 5.82 Å². The van der Waals surface area contributed by atoms with Crippen LogP contribution >= 0.6 is 0 Å². The predicted octanol–water partition coefficient (Wildman–Crippen LogP) is 1.33. The Bertz CT molecular complexity index is 396. The van der Waals surface area contributed by atoms with Crippen LogP contribution in [0.15, 0.2) is 24.3 Å². The normalized spacial score (nSPS) is 24.1. The summed E-state index contributed by atoms with van der Waals surface area (Å²) in [5.41, 5.74) is 0.757. The third kappa shape index (κ3) is 2.71. The number of hydrogen-bond acceptors (Lipinski definition) is 3. The van der Waals surface area contributed by atoms with Crippen molar-refractivity contribution in [3.63, 3.8) is 0 Å². The van der Waals surface area contributed by atoms with Gasteiger partial charge in [0.1, 0.15) is 5.82 Å². The maximum Gasteiger partial charge on any atom is 0.128 e. The fraction of sp³-hybridized carbons (Fsp3) is 0.571. The van der Waals surface area contributed by atoms with Gasteiger partial charge in [0, 0.05) is 31.2 Å². The summed E-state index contributed by atoms with van der Waals surface area (Å²) in [5.74, 6) is -0.126. The Labute approximate surface area is 109 Å². The van der Waals surface area contributed by atoms with Crippen LogP contribution in [-0.2, 0) is 0 Å². The lowest BCUT2D eigenvalue weighted by Gasteiger charge is -2.42. The minimum atomic E-state index is -0.126. The molecule has 0 radical (unpaired) electrons. The van der Waals surface area contributed by atoms with Crippen molar-refractivity contribution in [1.29, 1.82) is 0 Å². The average molecular weight is 251 g/mol.